The van der Waals surface area contributed by atoms with Crippen LogP contribution in [0.3, 0.4) is 0 Å². The molecular formula is C16H16N2O3. The van der Waals surface area contributed by atoms with Gasteiger partial charge in [0.25, 0.3) is 5.91 Å². The highest BCUT2D eigenvalue weighted by molar-refractivity contribution is 5.93. The van der Waals surface area contributed by atoms with E-state index in [9.17, 15) is 4.79 Å². The van der Waals surface area contributed by atoms with E-state index in [0.717, 1.165) is 24.8 Å². The summed E-state index contributed by atoms with van der Waals surface area (Å²) in [5.74, 6) is 0.126. The molecule has 2 N–H and O–H groups in total. The number of fused-ring (bicyclic) bond motifs is 1. The minimum atomic E-state index is -0.495. The predicted octanol–water partition coefficient (Wildman–Crippen LogP) is 2.14. The maximum absolute atomic E-state index is 11.5. The number of pyridine rings is 1. The van der Waals surface area contributed by atoms with E-state index in [4.69, 9.17) is 9.94 Å². The third-order valence-electron chi connectivity index (χ3n) is 3.68. The molecular weight excluding hydrogens is 268 g/mol. The summed E-state index contributed by atoms with van der Waals surface area (Å²) in [6.07, 6.45) is 4.33. The van der Waals surface area contributed by atoms with Crippen LogP contribution in [0.15, 0.2) is 42.6 Å². The molecule has 0 aliphatic heterocycles. The van der Waals surface area contributed by atoms with Gasteiger partial charge in [0, 0.05) is 24.2 Å². The van der Waals surface area contributed by atoms with Crippen LogP contribution in [0.2, 0.25) is 0 Å². The molecule has 1 aromatic carbocycles. The number of ether oxygens (including phenoxy) is 1. The second-order valence-corrected chi connectivity index (χ2v) is 5.08. The summed E-state index contributed by atoms with van der Waals surface area (Å²) in [6.45, 7) is 0. The number of hydroxylamine groups is 1. The third kappa shape index (κ3) is 3.03. The van der Waals surface area contributed by atoms with E-state index in [1.807, 2.05) is 30.3 Å². The number of amides is 1. The van der Waals surface area contributed by atoms with E-state index >= 15 is 0 Å². The summed E-state index contributed by atoms with van der Waals surface area (Å²) in [5.41, 5.74) is 4.43. The molecule has 5 heteroatoms. The van der Waals surface area contributed by atoms with E-state index in [1.54, 1.807) is 17.7 Å². The molecule has 0 saturated heterocycles. The minimum Gasteiger partial charge on any atom is -0.474 e. The van der Waals surface area contributed by atoms with Gasteiger partial charge in [-0.3, -0.25) is 10.0 Å². The molecule has 1 unspecified atom stereocenters. The van der Waals surface area contributed by atoms with Crippen LogP contribution in [0.5, 0.6) is 5.88 Å². The molecule has 1 aliphatic rings. The van der Waals surface area contributed by atoms with Gasteiger partial charge in [-0.05, 0) is 42.2 Å². The Balaban J connectivity index is 1.76. The molecule has 1 heterocycles. The molecule has 0 bridgehead atoms. The van der Waals surface area contributed by atoms with Crippen molar-refractivity contribution in [1.29, 1.82) is 0 Å². The molecule has 2 aromatic rings. The lowest BCUT2D eigenvalue weighted by molar-refractivity contribution is 0.0706. The van der Waals surface area contributed by atoms with Gasteiger partial charge >= 0.3 is 0 Å². The molecule has 1 aromatic heterocycles. The minimum absolute atomic E-state index is 0.0554. The van der Waals surface area contributed by atoms with Crippen molar-refractivity contribution in [2.45, 2.75) is 25.4 Å². The zero-order valence-electron chi connectivity index (χ0n) is 11.5. The van der Waals surface area contributed by atoms with Gasteiger partial charge in [0.1, 0.15) is 6.10 Å². The fraction of sp³-hybridized carbons (Fsp3) is 0.250. The average Bonchev–Trinajstić information content (AvgIpc) is 2.54. The van der Waals surface area contributed by atoms with Crippen LogP contribution in [0, 0.1) is 0 Å². The molecule has 21 heavy (non-hydrogen) atoms. The number of aromatic nitrogens is 1. The van der Waals surface area contributed by atoms with Crippen molar-refractivity contribution in [3.8, 4) is 5.88 Å². The standard InChI is InChI=1S/C16H16N2O3/c19-16(18-20)12-5-4-11-6-7-14(10-13(11)9-12)21-15-3-1-2-8-17-15/h1-5,8-9,14,20H,6-7,10H2,(H,18,19). The second-order valence-electron chi connectivity index (χ2n) is 5.08. The van der Waals surface area contributed by atoms with Crippen LogP contribution in [-0.2, 0) is 12.8 Å². The molecule has 0 fully saturated rings. The van der Waals surface area contributed by atoms with Crippen molar-refractivity contribution in [3.63, 3.8) is 0 Å². The maximum Gasteiger partial charge on any atom is 0.274 e. The van der Waals surface area contributed by atoms with Crippen molar-refractivity contribution in [2.24, 2.45) is 0 Å². The second kappa shape index (κ2) is 5.93. The molecule has 5 nitrogen and oxygen atoms in total. The van der Waals surface area contributed by atoms with Crippen LogP contribution >= 0.6 is 0 Å². The number of carbonyl (C=O) groups is 1. The molecule has 1 aliphatic carbocycles. The molecule has 0 spiro atoms. The zero-order chi connectivity index (χ0) is 14.7. The summed E-state index contributed by atoms with van der Waals surface area (Å²) in [6, 6.07) is 11.1. The Bertz CT molecular complexity index is 643. The van der Waals surface area contributed by atoms with Crippen LogP contribution in [0.25, 0.3) is 0 Å². The zero-order valence-corrected chi connectivity index (χ0v) is 11.5. The molecule has 108 valence electrons. The highest BCUT2D eigenvalue weighted by atomic mass is 16.5. The van der Waals surface area contributed by atoms with Crippen molar-refractivity contribution in [3.05, 3.63) is 59.3 Å². The number of benzene rings is 1. The summed E-state index contributed by atoms with van der Waals surface area (Å²) in [4.78, 5) is 15.6. The highest BCUT2D eigenvalue weighted by Crippen LogP contribution is 2.25. The normalized spacial score (nSPS) is 16.9. The van der Waals surface area contributed by atoms with E-state index in [2.05, 4.69) is 4.98 Å². The highest BCUT2D eigenvalue weighted by Gasteiger charge is 2.21. The lowest BCUT2D eigenvalue weighted by Gasteiger charge is -2.25. The number of hydrogen-bond acceptors (Lipinski definition) is 4. The summed E-state index contributed by atoms with van der Waals surface area (Å²) in [5, 5.41) is 8.71. The first-order chi connectivity index (χ1) is 10.3. The van der Waals surface area contributed by atoms with Crippen LogP contribution < -0.4 is 10.2 Å². The van der Waals surface area contributed by atoms with Crippen LogP contribution in [0.4, 0.5) is 0 Å². The Morgan fingerprint density at radius 1 is 1.29 bits per heavy atom. The van der Waals surface area contributed by atoms with Crippen molar-refractivity contribution >= 4 is 5.91 Å². The first kappa shape index (κ1) is 13.6. The quantitative estimate of drug-likeness (QED) is 0.669. The Morgan fingerprint density at radius 3 is 2.95 bits per heavy atom. The Kier molecular flexibility index (Phi) is 3.83. The lowest BCUT2D eigenvalue weighted by atomic mass is 9.88. The predicted molar refractivity (Wildman–Crippen MR) is 76.4 cm³/mol. The number of aryl methyl sites for hydroxylation is 1. The van der Waals surface area contributed by atoms with Gasteiger partial charge in [-0.25, -0.2) is 10.5 Å². The number of hydrogen-bond donors (Lipinski definition) is 2. The third-order valence-corrected chi connectivity index (χ3v) is 3.68. The number of carbonyl (C=O) groups excluding carboxylic acids is 1. The number of nitrogens with one attached hydrogen (secondary N) is 1. The average molecular weight is 284 g/mol. The number of nitrogens with zero attached hydrogens (tertiary/aromatic N) is 1. The molecule has 1 amide bonds. The molecule has 0 radical (unpaired) electrons. The smallest absolute Gasteiger partial charge is 0.274 e. The Hall–Kier alpha value is -2.40. The first-order valence-electron chi connectivity index (χ1n) is 6.90. The molecule has 1 atom stereocenters. The van der Waals surface area contributed by atoms with Gasteiger partial charge < -0.3 is 4.74 Å². The summed E-state index contributed by atoms with van der Waals surface area (Å²) >= 11 is 0. The van der Waals surface area contributed by atoms with E-state index in [1.165, 1.54) is 5.56 Å². The largest absolute Gasteiger partial charge is 0.474 e. The SMILES string of the molecule is O=C(NO)c1ccc2c(c1)CC(Oc1ccccn1)CC2. The molecule has 0 saturated carbocycles. The monoisotopic (exact) mass is 284 g/mol. The van der Waals surface area contributed by atoms with Gasteiger partial charge in [-0.1, -0.05) is 12.1 Å². The fourth-order valence-corrected chi connectivity index (χ4v) is 2.62. The topological polar surface area (TPSA) is 71.5 Å². The van der Waals surface area contributed by atoms with Crippen molar-refractivity contribution in [2.75, 3.05) is 0 Å². The summed E-state index contributed by atoms with van der Waals surface area (Å²) in [7, 11) is 0. The van der Waals surface area contributed by atoms with Gasteiger partial charge in [0.2, 0.25) is 5.88 Å². The van der Waals surface area contributed by atoms with Gasteiger partial charge in [-0.15, -0.1) is 0 Å². The van der Waals surface area contributed by atoms with Crippen molar-refractivity contribution < 1.29 is 14.7 Å². The van der Waals surface area contributed by atoms with E-state index in [-0.39, 0.29) is 6.10 Å². The fourth-order valence-electron chi connectivity index (χ4n) is 2.62. The summed E-state index contributed by atoms with van der Waals surface area (Å²) < 4.78 is 5.88. The van der Waals surface area contributed by atoms with E-state index < -0.39 is 5.91 Å². The van der Waals surface area contributed by atoms with Crippen molar-refractivity contribution in [1.82, 2.24) is 10.5 Å². The Morgan fingerprint density at radius 2 is 2.19 bits per heavy atom. The van der Waals surface area contributed by atoms with Crippen LogP contribution in [0.1, 0.15) is 27.9 Å². The number of rotatable bonds is 3. The lowest BCUT2D eigenvalue weighted by Crippen LogP contribution is -2.26. The van der Waals surface area contributed by atoms with Gasteiger partial charge in [0.05, 0.1) is 0 Å². The van der Waals surface area contributed by atoms with Gasteiger partial charge in [-0.2, -0.15) is 0 Å². The van der Waals surface area contributed by atoms with E-state index in [0.29, 0.717) is 11.4 Å². The first-order valence-corrected chi connectivity index (χ1v) is 6.90. The maximum atomic E-state index is 11.5. The van der Waals surface area contributed by atoms with Gasteiger partial charge in [0.15, 0.2) is 0 Å². The molecule has 3 rings (SSSR count). The Labute approximate surface area is 122 Å². The van der Waals surface area contributed by atoms with Crippen LogP contribution in [-0.4, -0.2) is 22.2 Å².